The SMILES string of the molecule is COc1cccc(C(=O)Nc2cccc3nc(-c4c(NCC(O)c5ccccc5)cc[nH]c4=O)[nH]c23)c1. The molecule has 0 aliphatic rings. The number of rotatable bonds is 8. The van der Waals surface area contributed by atoms with Crippen LogP contribution in [0.2, 0.25) is 0 Å². The topological polar surface area (TPSA) is 132 Å². The molecule has 37 heavy (non-hydrogen) atoms. The molecule has 0 radical (unpaired) electrons. The third-order valence-corrected chi connectivity index (χ3v) is 5.97. The standard InChI is InChI=1S/C28H25N5O4/c1-37-19-10-5-9-18(15-19)27(35)32-22-12-6-11-21-25(22)33-26(31-21)24-20(13-14-29-28(24)36)30-16-23(34)17-7-3-2-4-8-17/h2-15,23,34H,16H2,1H3,(H,31,33)(H,32,35)(H2,29,30,36). The Morgan fingerprint density at radius 1 is 1.03 bits per heavy atom. The van der Waals surface area contributed by atoms with E-state index in [4.69, 9.17) is 4.74 Å². The maximum atomic E-state index is 12.9. The third kappa shape index (κ3) is 5.07. The monoisotopic (exact) mass is 495 g/mol. The van der Waals surface area contributed by atoms with E-state index in [9.17, 15) is 14.7 Å². The number of H-pyrrole nitrogens is 2. The van der Waals surface area contributed by atoms with Crippen molar-refractivity contribution in [2.75, 3.05) is 24.3 Å². The van der Waals surface area contributed by atoms with Gasteiger partial charge >= 0.3 is 0 Å². The summed E-state index contributed by atoms with van der Waals surface area (Å²) >= 11 is 0. The van der Waals surface area contributed by atoms with Gasteiger partial charge in [0.05, 0.1) is 35.6 Å². The maximum Gasteiger partial charge on any atom is 0.261 e. The quantitative estimate of drug-likeness (QED) is 0.218. The lowest BCUT2D eigenvalue weighted by Crippen LogP contribution is -2.17. The summed E-state index contributed by atoms with van der Waals surface area (Å²) in [7, 11) is 1.54. The highest BCUT2D eigenvalue weighted by molar-refractivity contribution is 6.08. The molecule has 5 aromatic rings. The van der Waals surface area contributed by atoms with Crippen molar-refractivity contribution in [2.45, 2.75) is 6.10 Å². The van der Waals surface area contributed by atoms with Crippen LogP contribution in [0.15, 0.2) is 89.9 Å². The van der Waals surface area contributed by atoms with Crippen LogP contribution in [-0.2, 0) is 0 Å². The molecule has 0 aliphatic carbocycles. The van der Waals surface area contributed by atoms with E-state index in [1.165, 1.54) is 6.20 Å². The van der Waals surface area contributed by atoms with Crippen LogP contribution in [0.5, 0.6) is 5.75 Å². The molecule has 5 N–H and O–H groups in total. The summed E-state index contributed by atoms with van der Waals surface area (Å²) in [5.74, 6) is 0.601. The molecular weight excluding hydrogens is 470 g/mol. The number of para-hydroxylation sites is 1. The molecule has 3 aromatic carbocycles. The average Bonchev–Trinajstić information content (AvgIpc) is 3.37. The fourth-order valence-electron chi connectivity index (χ4n) is 4.07. The van der Waals surface area contributed by atoms with Crippen LogP contribution in [-0.4, -0.2) is 39.6 Å². The number of carbonyl (C=O) groups excluding carboxylic acids is 1. The number of fused-ring (bicyclic) bond motifs is 1. The zero-order valence-corrected chi connectivity index (χ0v) is 20.0. The van der Waals surface area contributed by atoms with Crippen molar-refractivity contribution in [3.05, 3.63) is 107 Å². The molecule has 9 heteroatoms. The number of methoxy groups -OCH3 is 1. The number of pyridine rings is 1. The Bertz CT molecular complexity index is 1610. The number of nitrogens with one attached hydrogen (secondary N) is 4. The summed E-state index contributed by atoms with van der Waals surface area (Å²) in [5.41, 5.74) is 3.35. The molecule has 0 aliphatic heterocycles. The Morgan fingerprint density at radius 2 is 1.84 bits per heavy atom. The zero-order valence-electron chi connectivity index (χ0n) is 20.0. The normalized spacial score (nSPS) is 11.7. The Kier molecular flexibility index (Phi) is 6.69. The maximum absolute atomic E-state index is 12.9. The fourth-order valence-corrected chi connectivity index (χ4v) is 4.07. The van der Waals surface area contributed by atoms with Crippen molar-refractivity contribution in [3.63, 3.8) is 0 Å². The van der Waals surface area contributed by atoms with Crippen molar-refractivity contribution in [1.82, 2.24) is 15.0 Å². The van der Waals surface area contributed by atoms with Crippen LogP contribution >= 0.6 is 0 Å². The Labute approximate surface area is 212 Å². The molecule has 9 nitrogen and oxygen atoms in total. The van der Waals surface area contributed by atoms with Crippen LogP contribution < -0.4 is 20.9 Å². The molecule has 1 atom stereocenters. The van der Waals surface area contributed by atoms with Crippen molar-refractivity contribution < 1.29 is 14.6 Å². The lowest BCUT2D eigenvalue weighted by molar-refractivity contribution is 0.102. The lowest BCUT2D eigenvalue weighted by Gasteiger charge is -2.14. The Balaban J connectivity index is 1.44. The second-order valence-electron chi connectivity index (χ2n) is 8.37. The molecule has 2 aromatic heterocycles. The van der Waals surface area contributed by atoms with Gasteiger partial charge in [-0.25, -0.2) is 4.98 Å². The number of nitrogens with zero attached hydrogens (tertiary/aromatic N) is 1. The first-order valence-corrected chi connectivity index (χ1v) is 11.7. The fraction of sp³-hybridized carbons (Fsp3) is 0.107. The second-order valence-corrected chi connectivity index (χ2v) is 8.37. The van der Waals surface area contributed by atoms with Crippen LogP contribution in [0, 0.1) is 0 Å². The number of anilines is 2. The molecule has 2 heterocycles. The summed E-state index contributed by atoms with van der Waals surface area (Å²) in [6.07, 6.45) is 0.772. The number of aliphatic hydroxyl groups excluding tert-OH is 1. The number of carbonyl (C=O) groups is 1. The molecule has 1 unspecified atom stereocenters. The van der Waals surface area contributed by atoms with Crippen molar-refractivity contribution >= 4 is 28.3 Å². The largest absolute Gasteiger partial charge is 0.497 e. The van der Waals surface area contributed by atoms with Gasteiger partial charge in [-0.15, -0.1) is 0 Å². The molecule has 0 bridgehead atoms. The molecule has 186 valence electrons. The van der Waals surface area contributed by atoms with Crippen LogP contribution in [0.25, 0.3) is 22.4 Å². The summed E-state index contributed by atoms with van der Waals surface area (Å²) in [6.45, 7) is 0.197. The minimum Gasteiger partial charge on any atom is -0.497 e. The average molecular weight is 496 g/mol. The highest BCUT2D eigenvalue weighted by Gasteiger charge is 2.18. The minimum atomic E-state index is -0.762. The van der Waals surface area contributed by atoms with Gasteiger partial charge < -0.3 is 30.4 Å². The smallest absolute Gasteiger partial charge is 0.261 e. The first-order valence-electron chi connectivity index (χ1n) is 11.7. The van der Waals surface area contributed by atoms with E-state index in [1.54, 1.807) is 55.6 Å². The minimum absolute atomic E-state index is 0.197. The van der Waals surface area contributed by atoms with Gasteiger partial charge in [-0.3, -0.25) is 9.59 Å². The first-order chi connectivity index (χ1) is 18.0. The van der Waals surface area contributed by atoms with Crippen LogP contribution in [0.3, 0.4) is 0 Å². The van der Waals surface area contributed by atoms with Gasteiger partial charge in [0.2, 0.25) is 0 Å². The highest BCUT2D eigenvalue weighted by Crippen LogP contribution is 2.28. The number of aromatic nitrogens is 3. The van der Waals surface area contributed by atoms with Crippen molar-refractivity contribution in [2.24, 2.45) is 0 Å². The van der Waals surface area contributed by atoms with Gasteiger partial charge in [0.15, 0.2) is 0 Å². The van der Waals surface area contributed by atoms with Crippen LogP contribution in [0.1, 0.15) is 22.0 Å². The predicted octanol–water partition coefficient (Wildman–Crippen LogP) is 4.32. The number of benzene rings is 3. The number of amides is 1. The first kappa shape index (κ1) is 23.8. The number of aliphatic hydroxyl groups is 1. The number of ether oxygens (including phenoxy) is 1. The molecule has 5 rings (SSSR count). The second kappa shape index (κ2) is 10.4. The summed E-state index contributed by atoms with van der Waals surface area (Å²) < 4.78 is 5.21. The van der Waals surface area contributed by atoms with Gasteiger partial charge in [-0.2, -0.15) is 0 Å². The summed E-state index contributed by atoms with van der Waals surface area (Å²) in [6, 6.07) is 23.2. The number of aromatic amines is 2. The number of hydrogen-bond donors (Lipinski definition) is 5. The predicted molar refractivity (Wildman–Crippen MR) is 143 cm³/mol. The van der Waals surface area contributed by atoms with E-state index in [1.807, 2.05) is 30.3 Å². The molecule has 1 amide bonds. The molecule has 0 spiro atoms. The van der Waals surface area contributed by atoms with E-state index in [0.717, 1.165) is 5.56 Å². The van der Waals surface area contributed by atoms with Crippen LogP contribution in [0.4, 0.5) is 11.4 Å². The van der Waals surface area contributed by atoms with Gasteiger partial charge in [-0.1, -0.05) is 42.5 Å². The summed E-state index contributed by atoms with van der Waals surface area (Å²) in [4.78, 5) is 36.2. The number of imidazole rings is 1. The Morgan fingerprint density at radius 3 is 2.65 bits per heavy atom. The van der Waals surface area contributed by atoms with Gasteiger partial charge in [0, 0.05) is 18.3 Å². The van der Waals surface area contributed by atoms with Gasteiger partial charge in [-0.05, 0) is 42.0 Å². The van der Waals surface area contributed by atoms with Crippen molar-refractivity contribution in [3.8, 4) is 17.1 Å². The van der Waals surface area contributed by atoms with E-state index in [2.05, 4.69) is 25.6 Å². The highest BCUT2D eigenvalue weighted by atomic mass is 16.5. The van der Waals surface area contributed by atoms with E-state index in [0.29, 0.717) is 45.1 Å². The Hall–Kier alpha value is -4.89. The zero-order chi connectivity index (χ0) is 25.8. The van der Waals surface area contributed by atoms with Gasteiger partial charge in [0.1, 0.15) is 17.1 Å². The summed E-state index contributed by atoms with van der Waals surface area (Å²) in [5, 5.41) is 16.6. The molecule has 0 saturated heterocycles. The van der Waals surface area contributed by atoms with E-state index in [-0.39, 0.29) is 18.0 Å². The number of hydrogen-bond acceptors (Lipinski definition) is 6. The van der Waals surface area contributed by atoms with Crippen molar-refractivity contribution in [1.29, 1.82) is 0 Å². The van der Waals surface area contributed by atoms with Gasteiger partial charge in [0.25, 0.3) is 11.5 Å². The molecular formula is C28H25N5O4. The molecule has 0 fully saturated rings. The van der Waals surface area contributed by atoms with E-state index >= 15 is 0 Å². The third-order valence-electron chi connectivity index (χ3n) is 5.97. The van der Waals surface area contributed by atoms with E-state index < -0.39 is 6.10 Å². The molecule has 0 saturated carbocycles. The lowest BCUT2D eigenvalue weighted by atomic mass is 10.1.